The number of aromatic nitrogens is 2. The summed E-state index contributed by atoms with van der Waals surface area (Å²) in [4.78, 5) is 21.5. The van der Waals surface area contributed by atoms with E-state index < -0.39 is 0 Å². The van der Waals surface area contributed by atoms with Gasteiger partial charge in [0.1, 0.15) is 0 Å². The highest BCUT2D eigenvalue weighted by Crippen LogP contribution is 2.25. The number of rotatable bonds is 1. The predicted octanol–water partition coefficient (Wildman–Crippen LogP) is 2.30. The molecule has 0 amide bonds. The Labute approximate surface area is 97.2 Å². The number of nitrogens with zero attached hydrogens (tertiary/aromatic N) is 1. The second-order valence-electron chi connectivity index (χ2n) is 4.10. The molecular weight excluding hydrogens is 220 g/mol. The molecule has 16 heavy (non-hydrogen) atoms. The molecule has 2 aromatic rings. The summed E-state index contributed by atoms with van der Waals surface area (Å²) in [5, 5.41) is 0. The number of hydrogen-bond donors (Lipinski definition) is 1. The van der Waals surface area contributed by atoms with Gasteiger partial charge in [-0.15, -0.1) is 11.3 Å². The number of aromatic amines is 1. The number of nitrogens with one attached hydrogen (secondary N) is 1. The van der Waals surface area contributed by atoms with Crippen LogP contribution in [0.5, 0.6) is 0 Å². The van der Waals surface area contributed by atoms with Gasteiger partial charge in [0.15, 0.2) is 5.82 Å². The molecule has 4 heteroatoms. The van der Waals surface area contributed by atoms with Crippen molar-refractivity contribution in [1.82, 2.24) is 9.97 Å². The van der Waals surface area contributed by atoms with Crippen LogP contribution >= 0.6 is 11.3 Å². The van der Waals surface area contributed by atoms with Crippen molar-refractivity contribution in [2.45, 2.75) is 26.2 Å². The topological polar surface area (TPSA) is 45.8 Å². The molecular formula is C12H12N2OS. The molecule has 0 radical (unpaired) electrons. The van der Waals surface area contributed by atoms with Crippen LogP contribution in [-0.4, -0.2) is 9.97 Å². The number of H-pyrrole nitrogens is 1. The third-order valence-electron chi connectivity index (χ3n) is 2.92. The zero-order chi connectivity index (χ0) is 11.1. The minimum Gasteiger partial charge on any atom is -0.306 e. The molecule has 1 aliphatic rings. The van der Waals surface area contributed by atoms with E-state index in [1.807, 2.05) is 12.1 Å². The van der Waals surface area contributed by atoms with Crippen molar-refractivity contribution in [3.63, 3.8) is 0 Å². The summed E-state index contributed by atoms with van der Waals surface area (Å²) in [5.41, 5.74) is 1.92. The lowest BCUT2D eigenvalue weighted by Gasteiger charge is -2.01. The molecule has 82 valence electrons. The van der Waals surface area contributed by atoms with Crippen molar-refractivity contribution in [2.24, 2.45) is 0 Å². The van der Waals surface area contributed by atoms with Crippen LogP contribution in [0.4, 0.5) is 0 Å². The highest BCUT2D eigenvalue weighted by atomic mass is 32.1. The van der Waals surface area contributed by atoms with Gasteiger partial charge in [-0.05, 0) is 38.3 Å². The van der Waals surface area contributed by atoms with Crippen LogP contribution in [0.25, 0.3) is 10.7 Å². The number of fused-ring (bicyclic) bond motifs is 1. The molecule has 0 saturated heterocycles. The lowest BCUT2D eigenvalue weighted by Crippen LogP contribution is -2.14. The summed E-state index contributed by atoms with van der Waals surface area (Å²) in [6.07, 6.45) is 2.87. The van der Waals surface area contributed by atoms with Gasteiger partial charge in [-0.3, -0.25) is 4.79 Å². The van der Waals surface area contributed by atoms with Crippen LogP contribution in [-0.2, 0) is 12.8 Å². The fourth-order valence-electron chi connectivity index (χ4n) is 2.12. The first-order chi connectivity index (χ1) is 7.74. The number of aryl methyl sites for hydroxylation is 2. The van der Waals surface area contributed by atoms with Crippen LogP contribution in [0.1, 0.15) is 22.6 Å². The first-order valence-electron chi connectivity index (χ1n) is 5.43. The molecule has 2 aromatic heterocycles. The van der Waals surface area contributed by atoms with Gasteiger partial charge < -0.3 is 4.98 Å². The Hall–Kier alpha value is -1.42. The molecule has 0 fully saturated rings. The molecule has 0 atom stereocenters. The summed E-state index contributed by atoms with van der Waals surface area (Å²) < 4.78 is 0. The van der Waals surface area contributed by atoms with Gasteiger partial charge in [-0.1, -0.05) is 0 Å². The summed E-state index contributed by atoms with van der Waals surface area (Å²) in [6, 6.07) is 4.06. The minimum absolute atomic E-state index is 0.0450. The summed E-state index contributed by atoms with van der Waals surface area (Å²) in [6.45, 7) is 2.06. The average Bonchev–Trinajstić information content (AvgIpc) is 2.85. The minimum atomic E-state index is 0.0450. The average molecular weight is 232 g/mol. The van der Waals surface area contributed by atoms with Crippen LogP contribution in [0.3, 0.4) is 0 Å². The van der Waals surface area contributed by atoms with E-state index in [0.29, 0.717) is 0 Å². The number of thiophene rings is 1. The van der Waals surface area contributed by atoms with Crippen molar-refractivity contribution in [3.05, 3.63) is 38.6 Å². The summed E-state index contributed by atoms with van der Waals surface area (Å²) in [5.74, 6) is 0.726. The third-order valence-corrected chi connectivity index (χ3v) is 3.92. The fourth-order valence-corrected chi connectivity index (χ4v) is 2.93. The van der Waals surface area contributed by atoms with E-state index in [4.69, 9.17) is 0 Å². The smallest absolute Gasteiger partial charge is 0.254 e. The maximum absolute atomic E-state index is 11.8. The summed E-state index contributed by atoms with van der Waals surface area (Å²) >= 11 is 1.66. The SMILES string of the molecule is Cc1ccc(-c2nc3c(c(=O)[nH]2)CCC3)s1. The first-order valence-corrected chi connectivity index (χ1v) is 6.24. The standard InChI is InChI=1S/C12H12N2OS/c1-7-5-6-10(16-7)11-13-9-4-2-3-8(9)12(15)14-11/h5-6H,2-4H2,1H3,(H,13,14,15). The third kappa shape index (κ3) is 1.50. The molecule has 2 heterocycles. The van der Waals surface area contributed by atoms with E-state index >= 15 is 0 Å². The van der Waals surface area contributed by atoms with Crippen molar-refractivity contribution >= 4 is 11.3 Å². The van der Waals surface area contributed by atoms with E-state index in [0.717, 1.165) is 41.2 Å². The van der Waals surface area contributed by atoms with Crippen molar-refractivity contribution < 1.29 is 0 Å². The monoisotopic (exact) mass is 232 g/mol. The van der Waals surface area contributed by atoms with Crippen molar-refractivity contribution in [1.29, 1.82) is 0 Å². The lowest BCUT2D eigenvalue weighted by molar-refractivity contribution is 0.899. The molecule has 3 rings (SSSR count). The quantitative estimate of drug-likeness (QED) is 0.820. The van der Waals surface area contributed by atoms with Gasteiger partial charge in [0.2, 0.25) is 0 Å². The normalized spacial score (nSPS) is 14.1. The Morgan fingerprint density at radius 3 is 3.00 bits per heavy atom. The van der Waals surface area contributed by atoms with E-state index in [9.17, 15) is 4.79 Å². The van der Waals surface area contributed by atoms with Gasteiger partial charge in [0, 0.05) is 10.4 Å². The number of hydrogen-bond acceptors (Lipinski definition) is 3. The highest BCUT2D eigenvalue weighted by Gasteiger charge is 2.17. The molecule has 1 N–H and O–H groups in total. The maximum Gasteiger partial charge on any atom is 0.254 e. The van der Waals surface area contributed by atoms with Gasteiger partial charge in [-0.25, -0.2) is 4.98 Å². The Bertz CT molecular complexity index is 597. The molecule has 0 unspecified atom stereocenters. The molecule has 1 aliphatic carbocycles. The van der Waals surface area contributed by atoms with Crippen molar-refractivity contribution in [3.8, 4) is 10.7 Å². The molecule has 0 saturated carbocycles. The van der Waals surface area contributed by atoms with Gasteiger partial charge in [-0.2, -0.15) is 0 Å². The van der Waals surface area contributed by atoms with Crippen LogP contribution in [0, 0.1) is 6.92 Å². The Morgan fingerprint density at radius 1 is 1.38 bits per heavy atom. The first kappa shape index (κ1) is 9.78. The Morgan fingerprint density at radius 2 is 2.25 bits per heavy atom. The Balaban J connectivity index is 2.16. The van der Waals surface area contributed by atoms with Crippen LogP contribution in [0.15, 0.2) is 16.9 Å². The van der Waals surface area contributed by atoms with E-state index in [1.165, 1.54) is 4.88 Å². The van der Waals surface area contributed by atoms with E-state index in [2.05, 4.69) is 16.9 Å². The Kier molecular flexibility index (Phi) is 2.17. The van der Waals surface area contributed by atoms with Crippen LogP contribution in [0.2, 0.25) is 0 Å². The van der Waals surface area contributed by atoms with Gasteiger partial charge in [0.25, 0.3) is 5.56 Å². The predicted molar refractivity (Wildman–Crippen MR) is 64.9 cm³/mol. The van der Waals surface area contributed by atoms with E-state index in [-0.39, 0.29) is 5.56 Å². The molecule has 3 nitrogen and oxygen atoms in total. The fraction of sp³-hybridized carbons (Fsp3) is 0.333. The summed E-state index contributed by atoms with van der Waals surface area (Å²) in [7, 11) is 0. The largest absolute Gasteiger partial charge is 0.306 e. The molecule has 0 spiro atoms. The zero-order valence-corrected chi connectivity index (χ0v) is 9.86. The second-order valence-corrected chi connectivity index (χ2v) is 5.39. The second kappa shape index (κ2) is 3.56. The van der Waals surface area contributed by atoms with E-state index in [1.54, 1.807) is 11.3 Å². The highest BCUT2D eigenvalue weighted by molar-refractivity contribution is 7.15. The van der Waals surface area contributed by atoms with Crippen LogP contribution < -0.4 is 5.56 Å². The molecule has 0 bridgehead atoms. The molecule has 0 aliphatic heterocycles. The molecule has 0 aromatic carbocycles. The van der Waals surface area contributed by atoms with Gasteiger partial charge >= 0.3 is 0 Å². The van der Waals surface area contributed by atoms with Gasteiger partial charge in [0.05, 0.1) is 10.6 Å². The maximum atomic E-state index is 11.8. The lowest BCUT2D eigenvalue weighted by atomic mass is 10.2. The van der Waals surface area contributed by atoms with Crippen molar-refractivity contribution in [2.75, 3.05) is 0 Å². The zero-order valence-electron chi connectivity index (χ0n) is 9.04.